The Labute approximate surface area is 198 Å². The Bertz CT molecular complexity index is 1240. The Morgan fingerprint density at radius 2 is 1.22 bits per heavy atom. The first-order chi connectivity index (χ1) is 15.3. The van der Waals surface area contributed by atoms with E-state index in [0.717, 1.165) is 4.90 Å². The van der Waals surface area contributed by atoms with Crippen LogP contribution in [0.15, 0.2) is 83.5 Å². The van der Waals surface area contributed by atoms with Crippen molar-refractivity contribution in [2.45, 2.75) is 0 Å². The summed E-state index contributed by atoms with van der Waals surface area (Å²) in [6.07, 6.45) is 0. The van der Waals surface area contributed by atoms with Crippen molar-refractivity contribution >= 4 is 69.6 Å². The number of rotatable bonds is 5. The molecular formula is C23H14Cl3N3O3. The molecule has 0 saturated heterocycles. The van der Waals surface area contributed by atoms with Crippen LogP contribution in [0.3, 0.4) is 0 Å². The monoisotopic (exact) mass is 485 g/mol. The standard InChI is InChI=1S/C23H14Cl3N3O3/c24-14-3-9-17(10-4-14)28-21(30)13-1-7-16(8-2-13)27-20-19(26)22(31)29(23(20)32)18-11-5-15(25)6-12-18/h1-12,27H,(H,28,30). The van der Waals surface area contributed by atoms with Gasteiger partial charge in [0.15, 0.2) is 0 Å². The molecule has 1 heterocycles. The highest BCUT2D eigenvalue weighted by molar-refractivity contribution is 6.53. The van der Waals surface area contributed by atoms with E-state index in [-0.39, 0.29) is 16.6 Å². The van der Waals surface area contributed by atoms with E-state index in [4.69, 9.17) is 34.8 Å². The molecule has 0 unspecified atom stereocenters. The van der Waals surface area contributed by atoms with E-state index in [1.165, 1.54) is 0 Å². The lowest BCUT2D eigenvalue weighted by Gasteiger charge is -2.15. The quantitative estimate of drug-likeness (QED) is 0.455. The summed E-state index contributed by atoms with van der Waals surface area (Å²) in [5.41, 5.74) is 1.80. The molecule has 0 fully saturated rings. The third kappa shape index (κ3) is 4.48. The van der Waals surface area contributed by atoms with Gasteiger partial charge in [0.1, 0.15) is 10.7 Å². The summed E-state index contributed by atoms with van der Waals surface area (Å²) in [5, 5.41) is 6.45. The molecule has 6 nitrogen and oxygen atoms in total. The van der Waals surface area contributed by atoms with Gasteiger partial charge >= 0.3 is 0 Å². The Kier molecular flexibility index (Phi) is 6.19. The lowest BCUT2D eigenvalue weighted by atomic mass is 10.2. The van der Waals surface area contributed by atoms with Crippen LogP contribution in [0, 0.1) is 0 Å². The van der Waals surface area contributed by atoms with Gasteiger partial charge in [-0.25, -0.2) is 4.90 Å². The average Bonchev–Trinajstić information content (AvgIpc) is 3.00. The second-order valence-electron chi connectivity index (χ2n) is 6.77. The number of hydrogen-bond donors (Lipinski definition) is 2. The van der Waals surface area contributed by atoms with Crippen LogP contribution in [0.5, 0.6) is 0 Å². The predicted molar refractivity (Wildman–Crippen MR) is 126 cm³/mol. The summed E-state index contributed by atoms with van der Waals surface area (Å²) in [7, 11) is 0. The predicted octanol–water partition coefficient (Wildman–Crippen LogP) is 5.68. The molecule has 0 bridgehead atoms. The molecule has 9 heteroatoms. The molecule has 3 amide bonds. The van der Waals surface area contributed by atoms with Crippen LogP contribution < -0.4 is 15.5 Å². The first kappa shape index (κ1) is 21.9. The molecule has 4 rings (SSSR count). The molecule has 3 aromatic rings. The number of amides is 3. The summed E-state index contributed by atoms with van der Waals surface area (Å²) in [6, 6.07) is 19.4. The number of halogens is 3. The Balaban J connectivity index is 1.47. The zero-order chi connectivity index (χ0) is 22.8. The van der Waals surface area contributed by atoms with Crippen LogP contribution >= 0.6 is 34.8 Å². The Hall–Kier alpha value is -3.32. The minimum absolute atomic E-state index is 0.0509. The second kappa shape index (κ2) is 9.04. The topological polar surface area (TPSA) is 78.5 Å². The van der Waals surface area contributed by atoms with Crippen molar-refractivity contribution < 1.29 is 14.4 Å². The Morgan fingerprint density at radius 3 is 1.81 bits per heavy atom. The second-order valence-corrected chi connectivity index (χ2v) is 8.03. The fourth-order valence-corrected chi connectivity index (χ4v) is 3.49. The number of carbonyl (C=O) groups is 3. The molecule has 160 valence electrons. The van der Waals surface area contributed by atoms with Gasteiger partial charge < -0.3 is 10.6 Å². The number of benzene rings is 3. The molecule has 0 aromatic heterocycles. The maximum absolute atomic E-state index is 12.8. The van der Waals surface area contributed by atoms with Crippen LogP contribution in [0.1, 0.15) is 10.4 Å². The third-order valence-electron chi connectivity index (χ3n) is 4.63. The van der Waals surface area contributed by atoms with Crippen molar-refractivity contribution in [2.24, 2.45) is 0 Å². The van der Waals surface area contributed by atoms with Crippen molar-refractivity contribution in [3.05, 3.63) is 99.1 Å². The summed E-state index contributed by atoms with van der Waals surface area (Å²) < 4.78 is 0. The molecule has 0 atom stereocenters. The van der Waals surface area contributed by atoms with Crippen LogP contribution in [0.25, 0.3) is 0 Å². The maximum atomic E-state index is 12.8. The SMILES string of the molecule is O=C(Nc1ccc(Cl)cc1)c1ccc(NC2=C(Cl)C(=O)N(c3ccc(Cl)cc3)C2=O)cc1. The maximum Gasteiger partial charge on any atom is 0.283 e. The van der Waals surface area contributed by atoms with E-state index in [1.54, 1.807) is 72.8 Å². The molecule has 3 aromatic carbocycles. The van der Waals surface area contributed by atoms with Crippen molar-refractivity contribution in [3.63, 3.8) is 0 Å². The molecule has 0 spiro atoms. The van der Waals surface area contributed by atoms with Crippen molar-refractivity contribution in [2.75, 3.05) is 15.5 Å². The van der Waals surface area contributed by atoms with Gasteiger partial charge in [0, 0.05) is 27.0 Å². The highest BCUT2D eigenvalue weighted by atomic mass is 35.5. The summed E-state index contributed by atoms with van der Waals surface area (Å²) >= 11 is 17.9. The van der Waals surface area contributed by atoms with Gasteiger partial charge in [-0.05, 0) is 72.8 Å². The third-order valence-corrected chi connectivity index (χ3v) is 5.49. The zero-order valence-corrected chi connectivity index (χ0v) is 18.5. The van der Waals surface area contributed by atoms with E-state index in [9.17, 15) is 14.4 Å². The van der Waals surface area contributed by atoms with Crippen LogP contribution in [0.4, 0.5) is 17.1 Å². The van der Waals surface area contributed by atoms with Gasteiger partial charge in [0.2, 0.25) is 0 Å². The molecule has 0 radical (unpaired) electrons. The number of carbonyl (C=O) groups excluding carboxylic acids is 3. The van der Waals surface area contributed by atoms with E-state index in [0.29, 0.717) is 32.7 Å². The van der Waals surface area contributed by atoms with Crippen molar-refractivity contribution in [1.82, 2.24) is 0 Å². The van der Waals surface area contributed by atoms with Crippen LogP contribution in [-0.4, -0.2) is 17.7 Å². The fourth-order valence-electron chi connectivity index (χ4n) is 3.02. The minimum atomic E-state index is -0.638. The number of anilines is 3. The minimum Gasteiger partial charge on any atom is -0.350 e. The fraction of sp³-hybridized carbons (Fsp3) is 0. The van der Waals surface area contributed by atoms with Crippen molar-refractivity contribution in [1.29, 1.82) is 0 Å². The largest absolute Gasteiger partial charge is 0.350 e. The summed E-state index contributed by atoms with van der Waals surface area (Å²) in [5.74, 6) is -1.54. The molecule has 1 aliphatic rings. The van der Waals surface area contributed by atoms with Gasteiger partial charge in [0.05, 0.1) is 5.69 Å². The normalized spacial score (nSPS) is 13.5. The van der Waals surface area contributed by atoms with E-state index in [1.807, 2.05) is 0 Å². The molecular weight excluding hydrogens is 473 g/mol. The zero-order valence-electron chi connectivity index (χ0n) is 16.2. The van der Waals surface area contributed by atoms with E-state index in [2.05, 4.69) is 10.6 Å². The smallest absolute Gasteiger partial charge is 0.283 e. The van der Waals surface area contributed by atoms with Crippen LogP contribution in [0.2, 0.25) is 10.0 Å². The lowest BCUT2D eigenvalue weighted by Crippen LogP contribution is -2.32. The first-order valence-corrected chi connectivity index (χ1v) is 10.4. The van der Waals surface area contributed by atoms with Crippen LogP contribution in [-0.2, 0) is 9.59 Å². The van der Waals surface area contributed by atoms with E-state index < -0.39 is 11.8 Å². The average molecular weight is 487 g/mol. The van der Waals surface area contributed by atoms with Gasteiger partial charge in [-0.15, -0.1) is 0 Å². The number of nitrogens with one attached hydrogen (secondary N) is 2. The first-order valence-electron chi connectivity index (χ1n) is 9.31. The highest BCUT2D eigenvalue weighted by Gasteiger charge is 2.38. The molecule has 0 saturated carbocycles. The lowest BCUT2D eigenvalue weighted by molar-refractivity contribution is -0.120. The highest BCUT2D eigenvalue weighted by Crippen LogP contribution is 2.30. The Morgan fingerprint density at radius 1 is 0.688 bits per heavy atom. The number of nitrogens with zero attached hydrogens (tertiary/aromatic N) is 1. The van der Waals surface area contributed by atoms with Crippen molar-refractivity contribution in [3.8, 4) is 0 Å². The number of imide groups is 1. The van der Waals surface area contributed by atoms with E-state index >= 15 is 0 Å². The molecule has 0 aliphatic carbocycles. The van der Waals surface area contributed by atoms with Gasteiger partial charge in [0.25, 0.3) is 17.7 Å². The molecule has 1 aliphatic heterocycles. The van der Waals surface area contributed by atoms with Gasteiger partial charge in [-0.1, -0.05) is 34.8 Å². The van der Waals surface area contributed by atoms with Gasteiger partial charge in [-0.3, -0.25) is 14.4 Å². The summed E-state index contributed by atoms with van der Waals surface area (Å²) in [4.78, 5) is 38.7. The number of hydrogen-bond acceptors (Lipinski definition) is 4. The van der Waals surface area contributed by atoms with Gasteiger partial charge in [-0.2, -0.15) is 0 Å². The molecule has 2 N–H and O–H groups in total. The molecule has 32 heavy (non-hydrogen) atoms. The summed E-state index contributed by atoms with van der Waals surface area (Å²) in [6.45, 7) is 0.